The summed E-state index contributed by atoms with van der Waals surface area (Å²) in [5, 5.41) is 6.54. The SMILES string of the molecule is Cc1noc(C=Cc2ccccc2F)c1S(=O)(=O)N1CCC(C(=O)Nc2ccc(F)cc2Cl)CC1. The molecule has 2 heterocycles. The highest BCUT2D eigenvalue weighted by Gasteiger charge is 2.36. The van der Waals surface area contributed by atoms with E-state index >= 15 is 0 Å². The first-order valence-electron chi connectivity index (χ1n) is 10.8. The lowest BCUT2D eigenvalue weighted by Crippen LogP contribution is -2.41. The fourth-order valence-corrected chi connectivity index (χ4v) is 5.82. The second-order valence-electron chi connectivity index (χ2n) is 8.11. The topological polar surface area (TPSA) is 92.5 Å². The third-order valence-electron chi connectivity index (χ3n) is 5.76. The van der Waals surface area contributed by atoms with Crippen molar-refractivity contribution in [3.63, 3.8) is 0 Å². The van der Waals surface area contributed by atoms with Crippen LogP contribution >= 0.6 is 11.6 Å². The first-order valence-corrected chi connectivity index (χ1v) is 12.6. The van der Waals surface area contributed by atoms with Gasteiger partial charge in [0.25, 0.3) is 0 Å². The first-order chi connectivity index (χ1) is 16.7. The van der Waals surface area contributed by atoms with Crippen LogP contribution in [0.5, 0.6) is 0 Å². The molecule has 1 aliphatic rings. The lowest BCUT2D eigenvalue weighted by Gasteiger charge is -2.30. The average molecular weight is 522 g/mol. The molecule has 0 atom stereocenters. The number of hydrogen-bond donors (Lipinski definition) is 1. The number of rotatable bonds is 6. The Morgan fingerprint density at radius 3 is 2.57 bits per heavy atom. The van der Waals surface area contributed by atoms with Crippen LogP contribution in [0.1, 0.15) is 29.9 Å². The molecular formula is C24H22ClF2N3O4S. The third-order valence-corrected chi connectivity index (χ3v) is 8.13. The highest BCUT2D eigenvalue weighted by Crippen LogP contribution is 2.30. The standard InChI is InChI=1S/C24H22ClF2N3O4S/c1-15-23(22(34-29-15)9-6-16-4-2-3-5-20(16)27)35(32,33)30-12-10-17(11-13-30)24(31)28-21-8-7-18(26)14-19(21)25/h2-9,14,17H,10-13H2,1H3,(H,28,31). The van der Waals surface area contributed by atoms with Crippen molar-refractivity contribution in [2.75, 3.05) is 18.4 Å². The minimum atomic E-state index is -3.98. The van der Waals surface area contributed by atoms with Crippen LogP contribution in [0.4, 0.5) is 14.5 Å². The molecule has 0 radical (unpaired) electrons. The number of carbonyl (C=O) groups excluding carboxylic acids is 1. The molecule has 4 rings (SSSR count). The summed E-state index contributed by atoms with van der Waals surface area (Å²) in [5.74, 6) is -1.72. The Morgan fingerprint density at radius 1 is 1.17 bits per heavy atom. The van der Waals surface area contributed by atoms with Gasteiger partial charge >= 0.3 is 0 Å². The highest BCUT2D eigenvalue weighted by molar-refractivity contribution is 7.89. The quantitative estimate of drug-likeness (QED) is 0.486. The van der Waals surface area contributed by atoms with Gasteiger partial charge in [-0.15, -0.1) is 0 Å². The average Bonchev–Trinajstić information content (AvgIpc) is 3.21. The van der Waals surface area contributed by atoms with E-state index in [1.54, 1.807) is 18.2 Å². The highest BCUT2D eigenvalue weighted by atomic mass is 35.5. The van der Waals surface area contributed by atoms with Crippen LogP contribution in [0.3, 0.4) is 0 Å². The van der Waals surface area contributed by atoms with Gasteiger partial charge in [0.05, 0.1) is 10.7 Å². The molecule has 35 heavy (non-hydrogen) atoms. The van der Waals surface area contributed by atoms with Crippen molar-refractivity contribution >= 4 is 45.4 Å². The molecule has 1 aliphatic heterocycles. The minimum Gasteiger partial charge on any atom is -0.355 e. The van der Waals surface area contributed by atoms with Crippen LogP contribution < -0.4 is 5.32 Å². The second kappa shape index (κ2) is 10.3. The number of amides is 1. The van der Waals surface area contributed by atoms with E-state index in [9.17, 15) is 22.0 Å². The van der Waals surface area contributed by atoms with Gasteiger partial charge < -0.3 is 9.84 Å². The smallest absolute Gasteiger partial charge is 0.248 e. The van der Waals surface area contributed by atoms with Gasteiger partial charge in [0.15, 0.2) is 10.7 Å². The summed E-state index contributed by atoms with van der Waals surface area (Å²) in [6, 6.07) is 9.74. The van der Waals surface area contributed by atoms with Crippen LogP contribution in [0.15, 0.2) is 51.9 Å². The van der Waals surface area contributed by atoms with Gasteiger partial charge in [0, 0.05) is 24.6 Å². The first kappa shape index (κ1) is 25.0. The number of aryl methyl sites for hydroxylation is 1. The van der Waals surface area contributed by atoms with E-state index in [1.807, 2.05) is 0 Å². The van der Waals surface area contributed by atoms with Crippen molar-refractivity contribution in [3.05, 3.63) is 76.1 Å². The number of nitrogens with zero attached hydrogens (tertiary/aromatic N) is 2. The largest absolute Gasteiger partial charge is 0.355 e. The van der Waals surface area contributed by atoms with Gasteiger partial charge in [-0.25, -0.2) is 17.2 Å². The van der Waals surface area contributed by atoms with Gasteiger partial charge in [0.1, 0.15) is 17.3 Å². The molecule has 0 bridgehead atoms. The lowest BCUT2D eigenvalue weighted by atomic mass is 9.97. The van der Waals surface area contributed by atoms with E-state index in [0.717, 1.165) is 6.07 Å². The molecule has 0 spiro atoms. The summed E-state index contributed by atoms with van der Waals surface area (Å²) in [6.45, 7) is 1.74. The molecule has 1 fully saturated rings. The summed E-state index contributed by atoms with van der Waals surface area (Å²) >= 11 is 5.97. The monoisotopic (exact) mass is 521 g/mol. The normalized spacial score (nSPS) is 15.5. The zero-order valence-electron chi connectivity index (χ0n) is 18.7. The van der Waals surface area contributed by atoms with Crippen molar-refractivity contribution < 1.29 is 26.5 Å². The van der Waals surface area contributed by atoms with E-state index in [4.69, 9.17) is 16.1 Å². The van der Waals surface area contributed by atoms with Crippen LogP contribution in [0.25, 0.3) is 12.2 Å². The lowest BCUT2D eigenvalue weighted by molar-refractivity contribution is -0.120. The summed E-state index contributed by atoms with van der Waals surface area (Å²) in [7, 11) is -3.98. The fourth-order valence-electron chi connectivity index (χ4n) is 3.89. The van der Waals surface area contributed by atoms with Crippen LogP contribution in [-0.2, 0) is 14.8 Å². The second-order valence-corrected chi connectivity index (χ2v) is 10.4. The molecule has 0 aliphatic carbocycles. The molecule has 11 heteroatoms. The maximum absolute atomic E-state index is 13.9. The summed E-state index contributed by atoms with van der Waals surface area (Å²) in [5.41, 5.74) is 0.751. The molecule has 1 aromatic heterocycles. The Bertz CT molecular complexity index is 1380. The van der Waals surface area contributed by atoms with Gasteiger partial charge in [-0.3, -0.25) is 4.79 Å². The van der Waals surface area contributed by atoms with Crippen molar-refractivity contribution in [3.8, 4) is 0 Å². The minimum absolute atomic E-state index is 0.00317. The number of halogens is 3. The Labute approximate surface area is 206 Å². The fraction of sp³-hybridized carbons (Fsp3) is 0.250. The Balaban J connectivity index is 1.46. The molecule has 7 nitrogen and oxygen atoms in total. The molecule has 1 saturated heterocycles. The number of benzene rings is 2. The number of nitrogens with one attached hydrogen (secondary N) is 1. The molecular weight excluding hydrogens is 500 g/mol. The molecule has 2 aromatic carbocycles. The summed E-state index contributed by atoms with van der Waals surface area (Å²) in [6.07, 6.45) is 3.37. The molecule has 3 aromatic rings. The molecule has 184 valence electrons. The zero-order chi connectivity index (χ0) is 25.2. The maximum atomic E-state index is 13.9. The van der Waals surface area contributed by atoms with E-state index in [-0.39, 0.29) is 58.8 Å². The third kappa shape index (κ3) is 5.44. The molecule has 1 N–H and O–H groups in total. The van der Waals surface area contributed by atoms with Crippen LogP contribution in [-0.4, -0.2) is 36.9 Å². The number of carbonyl (C=O) groups is 1. The number of piperidine rings is 1. The molecule has 0 saturated carbocycles. The number of hydrogen-bond acceptors (Lipinski definition) is 5. The van der Waals surface area contributed by atoms with Crippen molar-refractivity contribution in [1.82, 2.24) is 9.46 Å². The Morgan fingerprint density at radius 2 is 1.89 bits per heavy atom. The summed E-state index contributed by atoms with van der Waals surface area (Å²) < 4.78 is 60.4. The Hall–Kier alpha value is -3.08. The number of aromatic nitrogens is 1. The van der Waals surface area contributed by atoms with Crippen LogP contribution in [0.2, 0.25) is 5.02 Å². The number of sulfonamides is 1. The van der Waals surface area contributed by atoms with E-state index in [2.05, 4.69) is 10.5 Å². The van der Waals surface area contributed by atoms with Gasteiger partial charge in [0.2, 0.25) is 15.9 Å². The molecule has 1 amide bonds. The van der Waals surface area contributed by atoms with E-state index in [0.29, 0.717) is 5.69 Å². The maximum Gasteiger partial charge on any atom is 0.248 e. The van der Waals surface area contributed by atoms with E-state index in [1.165, 1.54) is 41.6 Å². The van der Waals surface area contributed by atoms with Crippen molar-refractivity contribution in [2.45, 2.75) is 24.7 Å². The van der Waals surface area contributed by atoms with Gasteiger partial charge in [-0.2, -0.15) is 4.31 Å². The van der Waals surface area contributed by atoms with Gasteiger partial charge in [-0.05, 0) is 56.2 Å². The predicted molar refractivity (Wildman–Crippen MR) is 128 cm³/mol. The number of anilines is 1. The van der Waals surface area contributed by atoms with Crippen molar-refractivity contribution in [1.29, 1.82) is 0 Å². The van der Waals surface area contributed by atoms with Crippen LogP contribution in [0, 0.1) is 24.5 Å². The van der Waals surface area contributed by atoms with Gasteiger partial charge in [-0.1, -0.05) is 35.0 Å². The Kier molecular flexibility index (Phi) is 7.34. The zero-order valence-corrected chi connectivity index (χ0v) is 20.2. The molecule has 0 unspecified atom stereocenters. The van der Waals surface area contributed by atoms with Crippen molar-refractivity contribution in [2.24, 2.45) is 5.92 Å². The van der Waals surface area contributed by atoms with E-state index < -0.39 is 27.6 Å². The summed E-state index contributed by atoms with van der Waals surface area (Å²) in [4.78, 5) is 12.6. The predicted octanol–water partition coefficient (Wildman–Crippen LogP) is 5.12.